The van der Waals surface area contributed by atoms with E-state index in [1.165, 1.54) is 36.5 Å². The fourth-order valence-corrected chi connectivity index (χ4v) is 3.99. The van der Waals surface area contributed by atoms with Crippen molar-refractivity contribution < 1.29 is 18.0 Å². The normalized spacial score (nSPS) is 14.9. The van der Waals surface area contributed by atoms with Crippen LogP contribution in [0.4, 0.5) is 5.82 Å². The topological polar surface area (TPSA) is 132 Å². The number of nitrogens with one attached hydrogen (secondary N) is 2. The number of amides is 2. The maximum Gasteiger partial charge on any atom is 0.256 e. The highest BCUT2D eigenvalue weighted by molar-refractivity contribution is 7.89. The molecule has 0 aliphatic carbocycles. The molecule has 1 aromatic carbocycles. The number of piperazine rings is 1. The second-order valence-electron chi connectivity index (χ2n) is 5.68. The molecule has 10 heteroatoms. The molecule has 0 unspecified atom stereocenters. The van der Waals surface area contributed by atoms with Crippen LogP contribution in [0.5, 0.6) is 0 Å². The molecular formula is C17H15N5O4S. The molecule has 0 bridgehead atoms. The van der Waals surface area contributed by atoms with E-state index in [2.05, 4.69) is 15.6 Å². The predicted octanol–water partition coefficient (Wildman–Crippen LogP) is 0.326. The minimum absolute atomic E-state index is 0.0889. The monoisotopic (exact) mass is 385 g/mol. The Hall–Kier alpha value is -3.29. The van der Waals surface area contributed by atoms with E-state index in [1.54, 1.807) is 6.07 Å². The Morgan fingerprint density at radius 3 is 2.85 bits per heavy atom. The lowest BCUT2D eigenvalue weighted by Crippen LogP contribution is -2.49. The third-order valence-corrected chi connectivity index (χ3v) is 5.74. The van der Waals surface area contributed by atoms with E-state index < -0.39 is 15.9 Å². The summed E-state index contributed by atoms with van der Waals surface area (Å²) in [5, 5.41) is 14.1. The van der Waals surface area contributed by atoms with E-state index in [4.69, 9.17) is 5.26 Å². The molecule has 0 radical (unpaired) electrons. The van der Waals surface area contributed by atoms with Gasteiger partial charge in [0.05, 0.1) is 17.0 Å². The van der Waals surface area contributed by atoms with E-state index in [0.29, 0.717) is 0 Å². The van der Waals surface area contributed by atoms with Crippen molar-refractivity contribution in [2.24, 2.45) is 0 Å². The van der Waals surface area contributed by atoms with Crippen LogP contribution in [0, 0.1) is 11.3 Å². The van der Waals surface area contributed by atoms with Crippen LogP contribution < -0.4 is 10.6 Å². The van der Waals surface area contributed by atoms with Gasteiger partial charge in [-0.2, -0.15) is 9.57 Å². The first-order valence-electron chi connectivity index (χ1n) is 7.95. The van der Waals surface area contributed by atoms with Gasteiger partial charge < -0.3 is 10.6 Å². The highest BCUT2D eigenvalue weighted by Crippen LogP contribution is 2.19. The minimum Gasteiger partial charge on any atom is -0.354 e. The molecule has 1 aliphatic heterocycles. The summed E-state index contributed by atoms with van der Waals surface area (Å²) in [6.07, 6.45) is 1.43. The van der Waals surface area contributed by atoms with Crippen LogP contribution >= 0.6 is 0 Å². The van der Waals surface area contributed by atoms with Crippen molar-refractivity contribution in [2.75, 3.05) is 25.0 Å². The zero-order valence-corrected chi connectivity index (χ0v) is 14.9. The second kappa shape index (κ2) is 7.53. The number of aromatic nitrogens is 1. The number of hydrogen-bond acceptors (Lipinski definition) is 6. The molecule has 3 rings (SSSR count). The molecule has 2 amide bonds. The highest BCUT2D eigenvalue weighted by Gasteiger charge is 2.29. The van der Waals surface area contributed by atoms with Crippen molar-refractivity contribution in [1.82, 2.24) is 14.6 Å². The van der Waals surface area contributed by atoms with Crippen LogP contribution in [-0.2, 0) is 14.8 Å². The molecule has 0 atom stereocenters. The largest absolute Gasteiger partial charge is 0.354 e. The maximum absolute atomic E-state index is 12.7. The zero-order valence-electron chi connectivity index (χ0n) is 14.0. The predicted molar refractivity (Wildman–Crippen MR) is 95.1 cm³/mol. The van der Waals surface area contributed by atoms with Crippen LogP contribution in [-0.4, -0.2) is 49.2 Å². The van der Waals surface area contributed by atoms with E-state index in [-0.39, 0.29) is 47.4 Å². The molecule has 1 aliphatic rings. The number of hydrogen-bond donors (Lipinski definition) is 2. The summed E-state index contributed by atoms with van der Waals surface area (Å²) in [6, 6.07) is 10.5. The minimum atomic E-state index is -3.91. The van der Waals surface area contributed by atoms with Gasteiger partial charge in [-0.25, -0.2) is 13.4 Å². The average Bonchev–Trinajstić information content (AvgIpc) is 2.68. The number of anilines is 1. The van der Waals surface area contributed by atoms with E-state index in [0.717, 1.165) is 4.31 Å². The number of pyridine rings is 1. The first-order valence-corrected chi connectivity index (χ1v) is 9.39. The van der Waals surface area contributed by atoms with Gasteiger partial charge >= 0.3 is 0 Å². The summed E-state index contributed by atoms with van der Waals surface area (Å²) in [5.74, 6) is -0.887. The summed E-state index contributed by atoms with van der Waals surface area (Å²) in [5.41, 5.74) is 0.279. The molecule has 1 fully saturated rings. The van der Waals surface area contributed by atoms with E-state index in [1.807, 2.05) is 6.07 Å². The van der Waals surface area contributed by atoms with Gasteiger partial charge in [0.2, 0.25) is 15.9 Å². The van der Waals surface area contributed by atoms with Gasteiger partial charge in [-0.15, -0.1) is 0 Å². The van der Waals surface area contributed by atoms with Crippen LogP contribution in [0.25, 0.3) is 0 Å². The quantitative estimate of drug-likeness (QED) is 0.779. The van der Waals surface area contributed by atoms with Crippen LogP contribution in [0.15, 0.2) is 47.5 Å². The summed E-state index contributed by atoms with van der Waals surface area (Å²) in [4.78, 5) is 27.8. The fraction of sp³-hybridized carbons (Fsp3) is 0.176. The van der Waals surface area contributed by atoms with Crippen molar-refractivity contribution in [1.29, 1.82) is 5.26 Å². The van der Waals surface area contributed by atoms with Crippen molar-refractivity contribution in [2.45, 2.75) is 4.90 Å². The summed E-state index contributed by atoms with van der Waals surface area (Å²) >= 11 is 0. The van der Waals surface area contributed by atoms with Crippen LogP contribution in [0.3, 0.4) is 0 Å². The molecule has 0 saturated carbocycles. The first kappa shape index (κ1) is 18.5. The molecule has 2 N–H and O–H groups in total. The molecule has 2 aromatic rings. The first-order chi connectivity index (χ1) is 12.9. The molecule has 1 saturated heterocycles. The number of rotatable bonds is 4. The highest BCUT2D eigenvalue weighted by atomic mass is 32.2. The number of benzene rings is 1. The van der Waals surface area contributed by atoms with Crippen LogP contribution in [0.2, 0.25) is 0 Å². The molecule has 9 nitrogen and oxygen atoms in total. The van der Waals surface area contributed by atoms with Gasteiger partial charge in [0.25, 0.3) is 5.91 Å². The molecular weight excluding hydrogens is 370 g/mol. The molecule has 2 heterocycles. The Labute approximate surface area is 155 Å². The third-order valence-electron chi connectivity index (χ3n) is 3.90. The Balaban J connectivity index is 1.86. The standard InChI is InChI=1S/C17H15N5O4S/c18-10-13-4-2-6-20-16(13)21-17(24)12-3-1-5-14(9-12)27(25,26)22-8-7-19-15(23)11-22/h1-6,9H,7-8,11H2,(H,19,23)(H,20,21,24). The maximum atomic E-state index is 12.7. The SMILES string of the molecule is N#Cc1cccnc1NC(=O)c1cccc(S(=O)(=O)N2CCNC(=O)C2)c1. The molecule has 138 valence electrons. The lowest BCUT2D eigenvalue weighted by atomic mass is 10.2. The summed E-state index contributed by atoms with van der Waals surface area (Å²) < 4.78 is 26.5. The number of carbonyl (C=O) groups excluding carboxylic acids is 2. The van der Waals surface area contributed by atoms with Gasteiger partial charge in [-0.3, -0.25) is 9.59 Å². The fourth-order valence-electron chi connectivity index (χ4n) is 2.54. The molecule has 27 heavy (non-hydrogen) atoms. The lowest BCUT2D eigenvalue weighted by Gasteiger charge is -2.26. The lowest BCUT2D eigenvalue weighted by molar-refractivity contribution is -0.122. The van der Waals surface area contributed by atoms with Gasteiger partial charge in [-0.1, -0.05) is 6.07 Å². The van der Waals surface area contributed by atoms with Crippen molar-refractivity contribution in [3.63, 3.8) is 0 Å². The summed E-state index contributed by atoms with van der Waals surface area (Å²) in [6.45, 7) is 0.122. The van der Waals surface area contributed by atoms with Gasteiger partial charge in [0.1, 0.15) is 6.07 Å². The Morgan fingerprint density at radius 2 is 2.11 bits per heavy atom. The molecule has 1 aromatic heterocycles. The molecule has 0 spiro atoms. The van der Waals surface area contributed by atoms with Gasteiger partial charge in [-0.05, 0) is 30.3 Å². The van der Waals surface area contributed by atoms with E-state index in [9.17, 15) is 18.0 Å². The Kier molecular flexibility index (Phi) is 5.16. The number of nitrogens with zero attached hydrogens (tertiary/aromatic N) is 3. The number of nitriles is 1. The number of carbonyl (C=O) groups is 2. The van der Waals surface area contributed by atoms with Crippen molar-refractivity contribution >= 4 is 27.7 Å². The van der Waals surface area contributed by atoms with Crippen molar-refractivity contribution in [3.8, 4) is 6.07 Å². The zero-order chi connectivity index (χ0) is 19.4. The smallest absolute Gasteiger partial charge is 0.256 e. The Morgan fingerprint density at radius 1 is 1.30 bits per heavy atom. The van der Waals surface area contributed by atoms with Gasteiger partial charge in [0, 0.05) is 24.8 Å². The number of sulfonamides is 1. The Bertz CT molecular complexity index is 1050. The van der Waals surface area contributed by atoms with Crippen LogP contribution in [0.1, 0.15) is 15.9 Å². The second-order valence-corrected chi connectivity index (χ2v) is 7.62. The van der Waals surface area contributed by atoms with E-state index >= 15 is 0 Å². The average molecular weight is 385 g/mol. The third kappa shape index (κ3) is 3.94. The summed E-state index contributed by atoms with van der Waals surface area (Å²) in [7, 11) is -3.91. The van der Waals surface area contributed by atoms with Crippen molar-refractivity contribution in [3.05, 3.63) is 53.7 Å². The van der Waals surface area contributed by atoms with Gasteiger partial charge in [0.15, 0.2) is 5.82 Å².